The number of halogens is 1. The first kappa shape index (κ1) is 20.4. The number of rotatable bonds is 6. The van der Waals surface area contributed by atoms with E-state index in [-0.39, 0.29) is 11.8 Å². The molecule has 2 aromatic rings. The first-order valence-electron chi connectivity index (χ1n) is 9.45. The maximum absolute atomic E-state index is 12.5. The third-order valence-corrected chi connectivity index (χ3v) is 6.34. The van der Waals surface area contributed by atoms with E-state index in [1.165, 1.54) is 16.0 Å². The Morgan fingerprint density at radius 1 is 1.30 bits per heavy atom. The molecule has 1 N–H and O–H groups in total. The maximum atomic E-state index is 12.5. The summed E-state index contributed by atoms with van der Waals surface area (Å²) in [5.41, 5.74) is 3.39. The van der Waals surface area contributed by atoms with Gasteiger partial charge in [0.15, 0.2) is 0 Å². The topological polar surface area (TPSA) is 45.2 Å². The third kappa shape index (κ3) is 6.06. The summed E-state index contributed by atoms with van der Waals surface area (Å²) < 4.78 is 3.47. The van der Waals surface area contributed by atoms with Crippen LogP contribution < -0.4 is 5.32 Å². The molecule has 1 aliphatic rings. The predicted octanol–water partition coefficient (Wildman–Crippen LogP) is 4.75. The van der Waals surface area contributed by atoms with Crippen LogP contribution in [0.1, 0.15) is 36.6 Å². The zero-order valence-corrected chi connectivity index (χ0v) is 18.3. The second-order valence-electron chi connectivity index (χ2n) is 6.99. The maximum Gasteiger partial charge on any atom is 0.223 e. The fourth-order valence-electron chi connectivity index (χ4n) is 3.20. The molecule has 1 saturated heterocycles. The van der Waals surface area contributed by atoms with Crippen LogP contribution in [-0.4, -0.2) is 28.3 Å². The van der Waals surface area contributed by atoms with Gasteiger partial charge >= 0.3 is 0 Å². The molecule has 0 aliphatic carbocycles. The Bertz CT molecular complexity index is 753. The molecule has 0 unspecified atom stereocenters. The molecule has 3 rings (SSSR count). The molecule has 1 aromatic carbocycles. The summed E-state index contributed by atoms with van der Waals surface area (Å²) in [7, 11) is 0. The number of carbonyl (C=O) groups excluding carboxylic acids is 1. The van der Waals surface area contributed by atoms with Crippen molar-refractivity contribution in [1.29, 1.82) is 0 Å². The van der Waals surface area contributed by atoms with Crippen LogP contribution in [0.4, 0.5) is 0 Å². The van der Waals surface area contributed by atoms with Crippen molar-refractivity contribution in [3.05, 3.63) is 57.8 Å². The Morgan fingerprint density at radius 3 is 2.70 bits per heavy atom. The van der Waals surface area contributed by atoms with Crippen LogP contribution in [0.3, 0.4) is 0 Å². The molecule has 0 radical (unpaired) electrons. The van der Waals surface area contributed by atoms with Gasteiger partial charge in [0.2, 0.25) is 5.91 Å². The van der Waals surface area contributed by atoms with Crippen LogP contribution in [0.25, 0.3) is 0 Å². The molecular formula is C21H26BrN3OS. The van der Waals surface area contributed by atoms with E-state index in [9.17, 15) is 4.79 Å². The molecule has 0 spiro atoms. The SMILES string of the molecule is CCc1ccc(CNC(=O)C2CCN(Sc3cc(C)cc(Br)c3)CC2)nc1. The lowest BCUT2D eigenvalue weighted by molar-refractivity contribution is -0.126. The number of nitrogens with zero attached hydrogens (tertiary/aromatic N) is 2. The van der Waals surface area contributed by atoms with Gasteiger partial charge in [-0.25, -0.2) is 4.31 Å². The Morgan fingerprint density at radius 2 is 2.07 bits per heavy atom. The summed E-state index contributed by atoms with van der Waals surface area (Å²) in [4.78, 5) is 18.1. The van der Waals surface area contributed by atoms with Crippen LogP contribution in [0.2, 0.25) is 0 Å². The average molecular weight is 448 g/mol. The number of aromatic nitrogens is 1. The second-order valence-corrected chi connectivity index (χ2v) is 9.07. The van der Waals surface area contributed by atoms with Gasteiger partial charge in [-0.1, -0.05) is 28.9 Å². The predicted molar refractivity (Wildman–Crippen MR) is 114 cm³/mol. The van der Waals surface area contributed by atoms with Crippen LogP contribution >= 0.6 is 27.9 Å². The number of carbonyl (C=O) groups is 1. The zero-order chi connectivity index (χ0) is 19.2. The molecule has 1 fully saturated rings. The van der Waals surface area contributed by atoms with Gasteiger partial charge in [-0.15, -0.1) is 0 Å². The van der Waals surface area contributed by atoms with Gasteiger partial charge in [0, 0.05) is 34.6 Å². The lowest BCUT2D eigenvalue weighted by Crippen LogP contribution is -2.38. The highest BCUT2D eigenvalue weighted by molar-refractivity contribution is 9.10. The van der Waals surface area contributed by atoms with Gasteiger partial charge in [-0.05, 0) is 73.5 Å². The van der Waals surface area contributed by atoms with Crippen molar-refractivity contribution in [2.24, 2.45) is 5.92 Å². The highest BCUT2D eigenvalue weighted by atomic mass is 79.9. The standard InChI is InChI=1S/C21H26BrN3OS/c1-3-16-4-5-19(23-13-16)14-24-21(26)17-6-8-25(9-7-17)27-20-11-15(2)10-18(22)12-20/h4-5,10-13,17H,3,6-9,14H2,1-2H3,(H,24,26). The molecule has 4 nitrogen and oxygen atoms in total. The molecule has 2 heterocycles. The van der Waals surface area contributed by atoms with Crippen molar-refractivity contribution in [1.82, 2.24) is 14.6 Å². The van der Waals surface area contributed by atoms with Crippen LogP contribution in [0.15, 0.2) is 45.9 Å². The van der Waals surface area contributed by atoms with E-state index in [1.807, 2.05) is 12.3 Å². The number of amides is 1. The summed E-state index contributed by atoms with van der Waals surface area (Å²) in [5.74, 6) is 0.250. The van der Waals surface area contributed by atoms with Crippen molar-refractivity contribution >= 4 is 33.8 Å². The highest BCUT2D eigenvalue weighted by Gasteiger charge is 2.25. The molecule has 1 amide bonds. The number of hydrogen-bond acceptors (Lipinski definition) is 4. The monoisotopic (exact) mass is 447 g/mol. The van der Waals surface area contributed by atoms with Gasteiger partial charge < -0.3 is 5.32 Å². The van der Waals surface area contributed by atoms with E-state index in [0.717, 1.165) is 42.5 Å². The molecule has 0 bridgehead atoms. The van der Waals surface area contributed by atoms with Crippen molar-refractivity contribution in [2.75, 3.05) is 13.1 Å². The van der Waals surface area contributed by atoms with E-state index >= 15 is 0 Å². The highest BCUT2D eigenvalue weighted by Crippen LogP contribution is 2.30. The molecule has 0 saturated carbocycles. The lowest BCUT2D eigenvalue weighted by Gasteiger charge is -2.30. The van der Waals surface area contributed by atoms with E-state index in [0.29, 0.717) is 6.54 Å². The zero-order valence-electron chi connectivity index (χ0n) is 15.9. The number of benzene rings is 1. The Kier molecular flexibility index (Phi) is 7.33. The summed E-state index contributed by atoms with van der Waals surface area (Å²) >= 11 is 5.34. The molecule has 27 heavy (non-hydrogen) atoms. The van der Waals surface area contributed by atoms with E-state index in [4.69, 9.17) is 0 Å². The number of piperidine rings is 1. The minimum atomic E-state index is 0.0982. The number of nitrogens with one attached hydrogen (secondary N) is 1. The molecule has 6 heteroatoms. The normalized spacial score (nSPS) is 15.7. The van der Waals surface area contributed by atoms with E-state index in [2.05, 4.69) is 68.6 Å². The van der Waals surface area contributed by atoms with Crippen LogP contribution in [0, 0.1) is 12.8 Å². The summed E-state index contributed by atoms with van der Waals surface area (Å²) in [6, 6.07) is 10.5. The van der Waals surface area contributed by atoms with Crippen molar-refractivity contribution < 1.29 is 4.79 Å². The van der Waals surface area contributed by atoms with Gasteiger partial charge in [0.1, 0.15) is 0 Å². The Hall–Kier alpha value is -1.37. The minimum Gasteiger partial charge on any atom is -0.350 e. The van der Waals surface area contributed by atoms with Crippen LogP contribution in [0.5, 0.6) is 0 Å². The summed E-state index contributed by atoms with van der Waals surface area (Å²) in [6.45, 7) is 6.58. The van der Waals surface area contributed by atoms with Crippen molar-refractivity contribution in [3.63, 3.8) is 0 Å². The summed E-state index contributed by atoms with van der Waals surface area (Å²) in [6.07, 6.45) is 4.67. The Balaban J connectivity index is 1.44. The van der Waals surface area contributed by atoms with Crippen molar-refractivity contribution in [3.8, 4) is 0 Å². The largest absolute Gasteiger partial charge is 0.350 e. The fourth-order valence-corrected chi connectivity index (χ4v) is 5.07. The van der Waals surface area contributed by atoms with Crippen LogP contribution in [-0.2, 0) is 17.8 Å². The molecule has 1 aromatic heterocycles. The average Bonchev–Trinajstić information content (AvgIpc) is 2.66. The number of pyridine rings is 1. The quantitative estimate of drug-likeness (QED) is 0.648. The second kappa shape index (κ2) is 9.71. The summed E-state index contributed by atoms with van der Waals surface area (Å²) in [5, 5.41) is 3.05. The van der Waals surface area contributed by atoms with Gasteiger partial charge in [0.25, 0.3) is 0 Å². The first-order valence-corrected chi connectivity index (χ1v) is 11.0. The molecular weight excluding hydrogens is 422 g/mol. The van der Waals surface area contributed by atoms with Gasteiger partial charge in [0.05, 0.1) is 12.2 Å². The van der Waals surface area contributed by atoms with Gasteiger partial charge in [-0.2, -0.15) is 0 Å². The first-order chi connectivity index (χ1) is 13.0. The Labute approximate surface area is 174 Å². The molecule has 0 atom stereocenters. The lowest BCUT2D eigenvalue weighted by atomic mass is 9.97. The molecule has 1 aliphatic heterocycles. The van der Waals surface area contributed by atoms with E-state index < -0.39 is 0 Å². The molecule has 144 valence electrons. The van der Waals surface area contributed by atoms with Gasteiger partial charge in [-0.3, -0.25) is 9.78 Å². The number of aryl methyl sites for hydroxylation is 2. The van der Waals surface area contributed by atoms with Crippen molar-refractivity contribution in [2.45, 2.75) is 44.6 Å². The fraction of sp³-hybridized carbons (Fsp3) is 0.429. The smallest absolute Gasteiger partial charge is 0.223 e. The minimum absolute atomic E-state index is 0.0982. The number of hydrogen-bond donors (Lipinski definition) is 1. The van der Waals surface area contributed by atoms with E-state index in [1.54, 1.807) is 11.9 Å². The third-order valence-electron chi connectivity index (χ3n) is 4.81.